The maximum Gasteiger partial charge on any atom is 0.336 e. The van der Waals surface area contributed by atoms with Crippen LogP contribution in [0.4, 0.5) is 0 Å². The molecule has 0 saturated heterocycles. The van der Waals surface area contributed by atoms with E-state index in [9.17, 15) is 14.7 Å². The van der Waals surface area contributed by atoms with Crippen LogP contribution in [0, 0.1) is 6.92 Å². The zero-order chi connectivity index (χ0) is 16.5. The van der Waals surface area contributed by atoms with Crippen LogP contribution in [-0.4, -0.2) is 22.2 Å². The van der Waals surface area contributed by atoms with Gasteiger partial charge in [-0.15, -0.1) is 0 Å². The van der Waals surface area contributed by atoms with Gasteiger partial charge in [0.1, 0.15) is 0 Å². The second kappa shape index (κ2) is 9.23. The molecule has 0 fully saturated rings. The Labute approximate surface area is 132 Å². The van der Waals surface area contributed by atoms with Gasteiger partial charge >= 0.3 is 11.9 Å². The van der Waals surface area contributed by atoms with Crippen LogP contribution in [0.1, 0.15) is 83.7 Å². The molecule has 0 heterocycles. The van der Waals surface area contributed by atoms with E-state index < -0.39 is 11.9 Å². The van der Waals surface area contributed by atoms with Crippen LogP contribution in [-0.2, 0) is 6.42 Å². The summed E-state index contributed by atoms with van der Waals surface area (Å²) in [5.74, 6) is -2.36. The van der Waals surface area contributed by atoms with Gasteiger partial charge in [-0.25, -0.2) is 9.59 Å². The van der Waals surface area contributed by atoms with Crippen molar-refractivity contribution in [2.24, 2.45) is 0 Å². The Morgan fingerprint density at radius 2 is 1.50 bits per heavy atom. The van der Waals surface area contributed by atoms with E-state index in [0.29, 0.717) is 5.56 Å². The van der Waals surface area contributed by atoms with E-state index in [2.05, 4.69) is 6.92 Å². The number of hydrogen-bond acceptors (Lipinski definition) is 2. The van der Waals surface area contributed by atoms with Crippen LogP contribution in [0.2, 0.25) is 0 Å². The van der Waals surface area contributed by atoms with Crippen molar-refractivity contribution in [3.8, 4) is 0 Å². The molecule has 22 heavy (non-hydrogen) atoms. The molecule has 0 aliphatic rings. The van der Waals surface area contributed by atoms with Crippen molar-refractivity contribution in [3.05, 3.63) is 34.4 Å². The number of rotatable bonds is 10. The molecule has 4 nitrogen and oxygen atoms in total. The minimum atomic E-state index is -1.19. The van der Waals surface area contributed by atoms with Crippen molar-refractivity contribution >= 4 is 11.9 Å². The Kier molecular flexibility index (Phi) is 7.64. The minimum Gasteiger partial charge on any atom is -0.478 e. The summed E-state index contributed by atoms with van der Waals surface area (Å²) in [5, 5.41) is 18.3. The highest BCUT2D eigenvalue weighted by Crippen LogP contribution is 2.21. The predicted molar refractivity (Wildman–Crippen MR) is 86.8 cm³/mol. The van der Waals surface area contributed by atoms with Gasteiger partial charge in [0.15, 0.2) is 0 Å². The predicted octanol–water partition coefficient (Wildman–Crippen LogP) is 4.68. The first-order chi connectivity index (χ1) is 10.5. The molecule has 2 N–H and O–H groups in total. The second-order valence-corrected chi connectivity index (χ2v) is 5.75. The highest BCUT2D eigenvalue weighted by atomic mass is 16.4. The number of carbonyl (C=O) groups is 2. The lowest BCUT2D eigenvalue weighted by molar-refractivity contribution is 0.0650. The van der Waals surface area contributed by atoms with E-state index in [0.717, 1.165) is 24.8 Å². The van der Waals surface area contributed by atoms with Crippen LogP contribution >= 0.6 is 0 Å². The van der Waals surface area contributed by atoms with Gasteiger partial charge in [-0.05, 0) is 37.0 Å². The number of hydrogen-bond donors (Lipinski definition) is 2. The number of aryl methyl sites for hydroxylation is 1. The van der Waals surface area contributed by atoms with Crippen LogP contribution in [0.25, 0.3) is 0 Å². The van der Waals surface area contributed by atoms with E-state index in [1.54, 1.807) is 13.0 Å². The van der Waals surface area contributed by atoms with E-state index in [-0.39, 0.29) is 11.1 Å². The Morgan fingerprint density at radius 3 is 2.05 bits per heavy atom. The molecule has 1 aromatic carbocycles. The second-order valence-electron chi connectivity index (χ2n) is 5.75. The summed E-state index contributed by atoms with van der Waals surface area (Å²) in [6, 6.07) is 3.16. The van der Waals surface area contributed by atoms with Crippen LogP contribution in [0.3, 0.4) is 0 Å². The molecule has 0 radical (unpaired) electrons. The third-order valence-electron chi connectivity index (χ3n) is 4.07. The van der Waals surface area contributed by atoms with Gasteiger partial charge in [0.2, 0.25) is 0 Å². The van der Waals surface area contributed by atoms with Gasteiger partial charge in [0.25, 0.3) is 0 Å². The fourth-order valence-corrected chi connectivity index (χ4v) is 2.75. The average molecular weight is 306 g/mol. The van der Waals surface area contributed by atoms with Gasteiger partial charge in [0.05, 0.1) is 11.1 Å². The van der Waals surface area contributed by atoms with Crippen molar-refractivity contribution in [2.45, 2.75) is 65.2 Å². The molecule has 1 rings (SSSR count). The highest BCUT2D eigenvalue weighted by Gasteiger charge is 2.20. The monoisotopic (exact) mass is 306 g/mol. The molecule has 0 aromatic heterocycles. The van der Waals surface area contributed by atoms with Crippen molar-refractivity contribution < 1.29 is 19.8 Å². The molecule has 1 aromatic rings. The highest BCUT2D eigenvalue weighted by molar-refractivity contribution is 6.03. The maximum absolute atomic E-state index is 11.3. The standard InChI is InChI=1S/C18H26O4/c1-3-4-5-6-7-8-9-10-14-11-12-15(17(19)20)16(13(14)2)18(21)22/h11-12H,3-10H2,1-2H3,(H,19,20)(H,21,22). The molecular formula is C18H26O4. The molecule has 0 amide bonds. The molecule has 0 bridgehead atoms. The Balaban J connectivity index is 2.63. The van der Waals surface area contributed by atoms with Crippen molar-refractivity contribution in [1.82, 2.24) is 0 Å². The van der Waals surface area contributed by atoms with E-state index in [1.807, 2.05) is 0 Å². The molecule has 4 heteroatoms. The van der Waals surface area contributed by atoms with Gasteiger partial charge in [-0.3, -0.25) is 0 Å². The summed E-state index contributed by atoms with van der Waals surface area (Å²) in [6.45, 7) is 3.90. The van der Waals surface area contributed by atoms with Gasteiger partial charge in [0, 0.05) is 0 Å². The number of aromatic carboxylic acids is 2. The molecule has 0 atom stereocenters. The Bertz CT molecular complexity index is 520. The normalized spacial score (nSPS) is 10.6. The van der Waals surface area contributed by atoms with Crippen LogP contribution in [0.15, 0.2) is 12.1 Å². The number of unbranched alkanes of at least 4 members (excludes halogenated alkanes) is 6. The zero-order valence-corrected chi connectivity index (χ0v) is 13.5. The third-order valence-corrected chi connectivity index (χ3v) is 4.07. The molecule has 0 aliphatic carbocycles. The summed E-state index contributed by atoms with van der Waals surface area (Å²) in [6.07, 6.45) is 9.23. The fourth-order valence-electron chi connectivity index (χ4n) is 2.75. The van der Waals surface area contributed by atoms with E-state index in [4.69, 9.17) is 5.11 Å². The van der Waals surface area contributed by atoms with Crippen LogP contribution < -0.4 is 0 Å². The summed E-state index contributed by atoms with van der Waals surface area (Å²) in [5.41, 5.74) is 1.32. The first-order valence-electron chi connectivity index (χ1n) is 8.08. The summed E-state index contributed by atoms with van der Waals surface area (Å²) in [7, 11) is 0. The smallest absolute Gasteiger partial charge is 0.336 e. The van der Waals surface area contributed by atoms with Gasteiger partial charge in [-0.2, -0.15) is 0 Å². The number of carboxylic acids is 2. The molecular weight excluding hydrogens is 280 g/mol. The molecule has 0 spiro atoms. The van der Waals surface area contributed by atoms with Crippen LogP contribution in [0.5, 0.6) is 0 Å². The zero-order valence-electron chi connectivity index (χ0n) is 13.5. The summed E-state index contributed by atoms with van der Waals surface area (Å²) in [4.78, 5) is 22.4. The Hall–Kier alpha value is -1.84. The SMILES string of the molecule is CCCCCCCCCc1ccc(C(=O)O)c(C(=O)O)c1C. The van der Waals surface area contributed by atoms with Crippen molar-refractivity contribution in [1.29, 1.82) is 0 Å². The van der Waals surface area contributed by atoms with Gasteiger partial charge in [-0.1, -0.05) is 51.5 Å². The van der Waals surface area contributed by atoms with Crippen molar-refractivity contribution in [3.63, 3.8) is 0 Å². The fraction of sp³-hybridized carbons (Fsp3) is 0.556. The molecule has 0 unspecified atom stereocenters. The first kappa shape index (κ1) is 18.2. The first-order valence-corrected chi connectivity index (χ1v) is 8.08. The largest absolute Gasteiger partial charge is 0.478 e. The molecule has 122 valence electrons. The minimum absolute atomic E-state index is 0.0760. The molecule has 0 saturated carbocycles. The summed E-state index contributed by atoms with van der Waals surface area (Å²) < 4.78 is 0. The molecule has 0 aliphatic heterocycles. The van der Waals surface area contributed by atoms with Crippen molar-refractivity contribution in [2.75, 3.05) is 0 Å². The lowest BCUT2D eigenvalue weighted by Crippen LogP contribution is -2.12. The maximum atomic E-state index is 11.3. The quantitative estimate of drug-likeness (QED) is 0.615. The lowest BCUT2D eigenvalue weighted by Gasteiger charge is -2.11. The van der Waals surface area contributed by atoms with E-state index >= 15 is 0 Å². The number of carboxylic acid groups (broad SMARTS) is 2. The van der Waals surface area contributed by atoms with Gasteiger partial charge < -0.3 is 10.2 Å². The Morgan fingerprint density at radius 1 is 0.909 bits per heavy atom. The van der Waals surface area contributed by atoms with E-state index in [1.165, 1.54) is 38.2 Å². The number of benzene rings is 1. The lowest BCUT2D eigenvalue weighted by atomic mass is 9.93. The summed E-state index contributed by atoms with van der Waals surface area (Å²) >= 11 is 0. The topological polar surface area (TPSA) is 74.6 Å². The third kappa shape index (κ3) is 5.17. The average Bonchev–Trinajstić information content (AvgIpc) is 2.46.